The fourth-order valence-electron chi connectivity index (χ4n) is 2.03. The van der Waals surface area contributed by atoms with Gasteiger partial charge in [0.05, 0.1) is 0 Å². The normalized spacial score (nSPS) is 12.7. The van der Waals surface area contributed by atoms with Crippen molar-refractivity contribution in [2.24, 2.45) is 0 Å². The van der Waals surface area contributed by atoms with E-state index in [9.17, 15) is 4.79 Å². The highest BCUT2D eigenvalue weighted by Crippen LogP contribution is 2.15. The van der Waals surface area contributed by atoms with Crippen LogP contribution in [0.5, 0.6) is 0 Å². The molecule has 1 unspecified atom stereocenters. The lowest BCUT2D eigenvalue weighted by molar-refractivity contribution is 0.523. The maximum absolute atomic E-state index is 12.3. The number of hydrogen-bond acceptors (Lipinski definition) is 5. The summed E-state index contributed by atoms with van der Waals surface area (Å²) < 4.78 is 1.62. The molecule has 1 atom stereocenters. The second-order valence-electron chi connectivity index (χ2n) is 4.37. The first-order valence-electron chi connectivity index (χ1n) is 5.94. The third-order valence-electron chi connectivity index (χ3n) is 3.01. The lowest BCUT2D eigenvalue weighted by Gasteiger charge is -2.13. The molecule has 0 bridgehead atoms. The van der Waals surface area contributed by atoms with Crippen LogP contribution in [-0.2, 0) is 6.42 Å². The van der Waals surface area contributed by atoms with Gasteiger partial charge in [-0.05, 0) is 35.7 Å². The molecule has 19 heavy (non-hydrogen) atoms. The molecule has 96 valence electrons. The summed E-state index contributed by atoms with van der Waals surface area (Å²) in [5.74, 6) is 0. The first-order chi connectivity index (χ1) is 9.25. The summed E-state index contributed by atoms with van der Waals surface area (Å²) in [6, 6.07) is 2.11. The van der Waals surface area contributed by atoms with Gasteiger partial charge in [0.15, 0.2) is 11.2 Å². The minimum absolute atomic E-state index is 0.0426. The molecule has 0 radical (unpaired) electrons. The minimum atomic E-state index is -0.138. The van der Waals surface area contributed by atoms with Gasteiger partial charge in [-0.15, -0.1) is 0 Å². The van der Waals surface area contributed by atoms with Crippen LogP contribution in [0.1, 0.15) is 18.5 Å². The highest BCUT2D eigenvalue weighted by molar-refractivity contribution is 7.07. The number of hydrogen-bond donors (Lipinski definition) is 0. The van der Waals surface area contributed by atoms with Crippen LogP contribution >= 0.6 is 11.3 Å². The number of aromatic nitrogens is 4. The summed E-state index contributed by atoms with van der Waals surface area (Å²) >= 11 is 1.66. The van der Waals surface area contributed by atoms with Crippen molar-refractivity contribution < 1.29 is 0 Å². The van der Waals surface area contributed by atoms with Crippen LogP contribution in [0.2, 0.25) is 0 Å². The molecule has 0 amide bonds. The Morgan fingerprint density at radius 1 is 1.32 bits per heavy atom. The molecule has 6 heteroatoms. The number of nitrogens with zero attached hydrogens (tertiary/aromatic N) is 4. The Balaban J connectivity index is 2.01. The molecule has 0 N–H and O–H groups in total. The molecule has 0 spiro atoms. The van der Waals surface area contributed by atoms with E-state index in [0.29, 0.717) is 11.2 Å². The van der Waals surface area contributed by atoms with Gasteiger partial charge in [0.2, 0.25) is 0 Å². The quantitative estimate of drug-likeness (QED) is 0.732. The second kappa shape index (κ2) is 4.89. The van der Waals surface area contributed by atoms with E-state index in [0.717, 1.165) is 6.42 Å². The molecule has 0 saturated heterocycles. The van der Waals surface area contributed by atoms with Crippen molar-refractivity contribution in [1.29, 1.82) is 0 Å². The molecule has 3 heterocycles. The van der Waals surface area contributed by atoms with Gasteiger partial charge in [-0.2, -0.15) is 11.3 Å². The highest BCUT2D eigenvalue weighted by Gasteiger charge is 2.12. The maximum atomic E-state index is 12.3. The maximum Gasteiger partial charge on any atom is 0.281 e. The number of rotatable bonds is 3. The Kier molecular flexibility index (Phi) is 3.08. The highest BCUT2D eigenvalue weighted by atomic mass is 32.1. The zero-order valence-electron chi connectivity index (χ0n) is 10.4. The molecule has 0 aliphatic heterocycles. The summed E-state index contributed by atoms with van der Waals surface area (Å²) in [5, 5.41) is 4.13. The molecule has 0 aliphatic carbocycles. The van der Waals surface area contributed by atoms with Crippen molar-refractivity contribution in [3.05, 3.63) is 51.5 Å². The lowest BCUT2D eigenvalue weighted by atomic mass is 10.1. The first kappa shape index (κ1) is 12.0. The monoisotopic (exact) mass is 272 g/mol. The van der Waals surface area contributed by atoms with Gasteiger partial charge < -0.3 is 0 Å². The van der Waals surface area contributed by atoms with Crippen LogP contribution in [0.3, 0.4) is 0 Å². The molecule has 0 aromatic carbocycles. The van der Waals surface area contributed by atoms with Crippen LogP contribution in [0.4, 0.5) is 0 Å². The van der Waals surface area contributed by atoms with Crippen molar-refractivity contribution in [3.63, 3.8) is 0 Å². The molecule has 3 aromatic heterocycles. The molecule has 3 rings (SSSR count). The average molecular weight is 272 g/mol. The SMILES string of the molecule is CC(Cc1ccsc1)n1cnc2nccnc2c1=O. The van der Waals surface area contributed by atoms with Crippen molar-refractivity contribution in [2.45, 2.75) is 19.4 Å². The molecular weight excluding hydrogens is 260 g/mol. The summed E-state index contributed by atoms with van der Waals surface area (Å²) in [5.41, 5.74) is 1.80. The summed E-state index contributed by atoms with van der Waals surface area (Å²) in [6.07, 6.45) is 5.40. The van der Waals surface area contributed by atoms with E-state index in [1.54, 1.807) is 22.2 Å². The van der Waals surface area contributed by atoms with E-state index < -0.39 is 0 Å². The van der Waals surface area contributed by atoms with Crippen molar-refractivity contribution in [2.75, 3.05) is 0 Å². The zero-order valence-corrected chi connectivity index (χ0v) is 11.2. The largest absolute Gasteiger partial charge is 0.294 e. The number of thiophene rings is 1. The van der Waals surface area contributed by atoms with Crippen molar-refractivity contribution >= 4 is 22.5 Å². The van der Waals surface area contributed by atoms with Crippen molar-refractivity contribution in [1.82, 2.24) is 19.5 Å². The Hall–Kier alpha value is -2.08. The van der Waals surface area contributed by atoms with Crippen LogP contribution in [-0.4, -0.2) is 19.5 Å². The predicted molar refractivity (Wildman–Crippen MR) is 74.3 cm³/mol. The molecular formula is C13H12N4OS. The van der Waals surface area contributed by atoms with Gasteiger partial charge in [0, 0.05) is 18.4 Å². The van der Waals surface area contributed by atoms with Crippen molar-refractivity contribution in [3.8, 4) is 0 Å². The third-order valence-corrected chi connectivity index (χ3v) is 3.74. The Morgan fingerprint density at radius 2 is 2.16 bits per heavy atom. The van der Waals surface area contributed by atoms with Gasteiger partial charge in [-0.1, -0.05) is 0 Å². The first-order valence-corrected chi connectivity index (χ1v) is 6.89. The van der Waals surface area contributed by atoms with Gasteiger partial charge in [-0.3, -0.25) is 9.36 Å². The fourth-order valence-corrected chi connectivity index (χ4v) is 2.71. The average Bonchev–Trinajstić information content (AvgIpc) is 2.92. The smallest absolute Gasteiger partial charge is 0.281 e. The summed E-state index contributed by atoms with van der Waals surface area (Å²) in [6.45, 7) is 2.00. The van der Waals surface area contributed by atoms with E-state index in [1.807, 2.05) is 12.3 Å². The van der Waals surface area contributed by atoms with E-state index in [4.69, 9.17) is 0 Å². The van der Waals surface area contributed by atoms with Gasteiger partial charge in [0.1, 0.15) is 6.33 Å². The summed E-state index contributed by atoms with van der Waals surface area (Å²) in [4.78, 5) is 24.6. The van der Waals surface area contributed by atoms with Crippen LogP contribution < -0.4 is 5.56 Å². The summed E-state index contributed by atoms with van der Waals surface area (Å²) in [7, 11) is 0. The Morgan fingerprint density at radius 3 is 2.95 bits per heavy atom. The van der Waals surface area contributed by atoms with E-state index in [2.05, 4.69) is 26.4 Å². The second-order valence-corrected chi connectivity index (χ2v) is 5.15. The molecule has 3 aromatic rings. The standard InChI is InChI=1S/C13H12N4OS/c1-9(6-10-2-5-19-7-10)17-8-16-12-11(13(17)18)14-3-4-15-12/h2-5,7-9H,6H2,1H3. The fraction of sp³-hybridized carbons (Fsp3) is 0.231. The van der Waals surface area contributed by atoms with Crippen LogP contribution in [0.15, 0.2) is 40.3 Å². The zero-order chi connectivity index (χ0) is 13.2. The predicted octanol–water partition coefficient (Wildman–Crippen LogP) is 2.05. The Labute approximate surface area is 113 Å². The van der Waals surface area contributed by atoms with Crippen LogP contribution in [0, 0.1) is 0 Å². The molecule has 0 fully saturated rings. The molecule has 0 saturated carbocycles. The third kappa shape index (κ3) is 2.26. The number of fused-ring (bicyclic) bond motifs is 1. The van der Waals surface area contributed by atoms with E-state index >= 15 is 0 Å². The lowest BCUT2D eigenvalue weighted by Crippen LogP contribution is -2.25. The van der Waals surface area contributed by atoms with Gasteiger partial charge in [0.25, 0.3) is 5.56 Å². The van der Waals surface area contributed by atoms with E-state index in [-0.39, 0.29) is 11.6 Å². The van der Waals surface area contributed by atoms with Gasteiger partial charge in [-0.25, -0.2) is 15.0 Å². The Bertz CT molecular complexity index is 751. The molecule has 5 nitrogen and oxygen atoms in total. The van der Waals surface area contributed by atoms with Crippen LogP contribution in [0.25, 0.3) is 11.2 Å². The van der Waals surface area contributed by atoms with E-state index in [1.165, 1.54) is 18.0 Å². The topological polar surface area (TPSA) is 60.7 Å². The van der Waals surface area contributed by atoms with Gasteiger partial charge >= 0.3 is 0 Å². The minimum Gasteiger partial charge on any atom is -0.294 e. The molecule has 0 aliphatic rings.